The van der Waals surface area contributed by atoms with E-state index in [9.17, 15) is 9.59 Å². The summed E-state index contributed by atoms with van der Waals surface area (Å²) in [5, 5.41) is 0.596. The third kappa shape index (κ3) is 2.88. The number of halogens is 1. The van der Waals surface area contributed by atoms with E-state index in [1.165, 1.54) is 11.3 Å². The second-order valence-electron chi connectivity index (χ2n) is 8.04. The molecule has 0 aliphatic carbocycles. The maximum absolute atomic E-state index is 13.9. The Morgan fingerprint density at radius 3 is 2.55 bits per heavy atom. The predicted octanol–water partition coefficient (Wildman–Crippen LogP) is 5.28. The number of carbonyl (C=O) groups excluding carboxylic acids is 2. The van der Waals surface area contributed by atoms with Gasteiger partial charge in [-0.1, -0.05) is 54.1 Å². The molecule has 0 saturated carbocycles. The molecule has 2 aromatic carbocycles. The molecule has 2 aromatic heterocycles. The van der Waals surface area contributed by atoms with Crippen LogP contribution in [-0.2, 0) is 5.66 Å². The molecule has 6 rings (SSSR count). The first kappa shape index (κ1) is 20.1. The number of carbonyl (C=O) groups is 2. The van der Waals surface area contributed by atoms with Crippen molar-refractivity contribution in [1.82, 2.24) is 14.8 Å². The zero-order chi connectivity index (χ0) is 22.6. The van der Waals surface area contributed by atoms with Gasteiger partial charge in [-0.25, -0.2) is 0 Å². The lowest BCUT2D eigenvalue weighted by molar-refractivity contribution is 0.0378. The second-order valence-corrected chi connectivity index (χ2v) is 9.56. The van der Waals surface area contributed by atoms with Crippen molar-refractivity contribution < 1.29 is 9.59 Å². The summed E-state index contributed by atoms with van der Waals surface area (Å²) in [5.41, 5.74) is 2.15. The molecule has 0 bridgehead atoms. The molecule has 1 unspecified atom stereocenters. The summed E-state index contributed by atoms with van der Waals surface area (Å²) in [5.74, 6) is -0.196. The third-order valence-electron chi connectivity index (χ3n) is 6.37. The van der Waals surface area contributed by atoms with Gasteiger partial charge in [0.1, 0.15) is 0 Å². The number of fused-ring (bicyclic) bond motifs is 3. The average Bonchev–Trinajstić information content (AvgIpc) is 3.55. The van der Waals surface area contributed by atoms with Crippen molar-refractivity contribution in [3.63, 3.8) is 0 Å². The number of nitrogens with zero attached hydrogens (tertiary/aromatic N) is 3. The molecule has 4 heterocycles. The number of hydrogen-bond donors (Lipinski definition) is 0. The van der Waals surface area contributed by atoms with Crippen molar-refractivity contribution in [1.29, 1.82) is 0 Å². The van der Waals surface area contributed by atoms with Crippen molar-refractivity contribution in [2.75, 3.05) is 13.1 Å². The third-order valence-corrected chi connectivity index (χ3v) is 7.74. The van der Waals surface area contributed by atoms with Crippen molar-refractivity contribution >= 4 is 34.8 Å². The summed E-state index contributed by atoms with van der Waals surface area (Å²) in [7, 11) is 0. The van der Waals surface area contributed by atoms with E-state index in [0.717, 1.165) is 21.6 Å². The van der Waals surface area contributed by atoms with Crippen LogP contribution in [0.5, 0.6) is 0 Å². The smallest absolute Gasteiger partial charge is 0.266 e. The quantitative estimate of drug-likeness (QED) is 0.408. The highest BCUT2D eigenvalue weighted by Gasteiger charge is 2.60. The molecule has 1 atom stereocenters. The minimum absolute atomic E-state index is 0.0891. The lowest BCUT2D eigenvalue weighted by atomic mass is 9.91. The molecule has 2 aliphatic heterocycles. The standard InChI is InChI=1S/C26H18ClN3O2S/c27-19-8-6-18(7-9-19)26-21-16-28-13-12-20(21)24(31)29(26)14-15-30(26)25(32)23-11-10-22(33-23)17-4-2-1-3-5-17/h1-13,16H,14-15H2. The first-order valence-electron chi connectivity index (χ1n) is 10.6. The van der Waals surface area contributed by atoms with E-state index in [1.807, 2.05) is 59.5 Å². The van der Waals surface area contributed by atoms with Crippen molar-refractivity contribution in [3.8, 4) is 10.4 Å². The summed E-state index contributed by atoms with van der Waals surface area (Å²) < 4.78 is 0. The van der Waals surface area contributed by atoms with Crippen molar-refractivity contribution in [3.05, 3.63) is 112 Å². The van der Waals surface area contributed by atoms with Gasteiger partial charge < -0.3 is 9.80 Å². The number of benzene rings is 2. The second kappa shape index (κ2) is 7.54. The number of pyridine rings is 1. The van der Waals surface area contributed by atoms with Crippen LogP contribution in [0.3, 0.4) is 0 Å². The van der Waals surface area contributed by atoms with Crippen LogP contribution in [0.25, 0.3) is 10.4 Å². The molecule has 0 spiro atoms. The molecule has 2 aliphatic rings. The van der Waals surface area contributed by atoms with Crippen LogP contribution in [0.1, 0.15) is 31.2 Å². The minimum Gasteiger partial charge on any atom is -0.306 e. The number of aromatic nitrogens is 1. The van der Waals surface area contributed by atoms with Gasteiger partial charge in [0.25, 0.3) is 11.8 Å². The minimum atomic E-state index is -1.04. The van der Waals surface area contributed by atoms with E-state index in [1.54, 1.807) is 35.5 Å². The molecule has 33 heavy (non-hydrogen) atoms. The van der Waals surface area contributed by atoms with Crippen LogP contribution < -0.4 is 0 Å². The summed E-state index contributed by atoms with van der Waals surface area (Å²) in [4.78, 5) is 36.9. The topological polar surface area (TPSA) is 53.5 Å². The summed E-state index contributed by atoms with van der Waals surface area (Å²) in [6.07, 6.45) is 3.32. The Kier molecular flexibility index (Phi) is 4.60. The average molecular weight is 472 g/mol. The van der Waals surface area contributed by atoms with Crippen LogP contribution in [0.2, 0.25) is 5.02 Å². The zero-order valence-corrected chi connectivity index (χ0v) is 19.0. The van der Waals surface area contributed by atoms with Crippen LogP contribution in [0.15, 0.2) is 85.2 Å². The Labute approximate surface area is 199 Å². The van der Waals surface area contributed by atoms with Gasteiger partial charge >= 0.3 is 0 Å². The molecule has 0 radical (unpaired) electrons. The lowest BCUT2D eigenvalue weighted by Crippen LogP contribution is -2.51. The Morgan fingerprint density at radius 2 is 1.76 bits per heavy atom. The van der Waals surface area contributed by atoms with Gasteiger partial charge in [0, 0.05) is 46.5 Å². The van der Waals surface area contributed by atoms with E-state index in [4.69, 9.17) is 11.6 Å². The van der Waals surface area contributed by atoms with Gasteiger partial charge in [-0.3, -0.25) is 14.6 Å². The van der Waals surface area contributed by atoms with Crippen molar-refractivity contribution in [2.24, 2.45) is 0 Å². The summed E-state index contributed by atoms with van der Waals surface area (Å²) in [6.45, 7) is 0.874. The predicted molar refractivity (Wildman–Crippen MR) is 128 cm³/mol. The Balaban J connectivity index is 1.50. The maximum atomic E-state index is 13.9. The van der Waals surface area contributed by atoms with Crippen LogP contribution in [0.4, 0.5) is 0 Å². The first-order chi connectivity index (χ1) is 16.1. The lowest BCUT2D eigenvalue weighted by Gasteiger charge is -2.40. The maximum Gasteiger partial charge on any atom is 0.266 e. The molecule has 5 nitrogen and oxygen atoms in total. The normalized spacial score (nSPS) is 19.0. The number of amides is 2. The fourth-order valence-electron chi connectivity index (χ4n) is 4.95. The van der Waals surface area contributed by atoms with Gasteiger partial charge in [0.15, 0.2) is 5.66 Å². The highest BCUT2D eigenvalue weighted by atomic mass is 35.5. The molecule has 1 fully saturated rings. The molecule has 7 heteroatoms. The van der Waals surface area contributed by atoms with Crippen LogP contribution >= 0.6 is 22.9 Å². The van der Waals surface area contributed by atoms with E-state index < -0.39 is 5.66 Å². The fraction of sp³-hybridized carbons (Fsp3) is 0.115. The zero-order valence-electron chi connectivity index (χ0n) is 17.4. The largest absolute Gasteiger partial charge is 0.306 e. The van der Waals surface area contributed by atoms with E-state index in [-0.39, 0.29) is 11.8 Å². The molecular formula is C26H18ClN3O2S. The van der Waals surface area contributed by atoms with Crippen molar-refractivity contribution in [2.45, 2.75) is 5.66 Å². The first-order valence-corrected chi connectivity index (χ1v) is 11.8. The van der Waals surface area contributed by atoms with E-state index in [0.29, 0.717) is 28.6 Å². The van der Waals surface area contributed by atoms with Crippen LogP contribution in [0, 0.1) is 0 Å². The van der Waals surface area contributed by atoms with Gasteiger partial charge in [-0.15, -0.1) is 11.3 Å². The molecule has 4 aromatic rings. The fourth-order valence-corrected chi connectivity index (χ4v) is 6.04. The Morgan fingerprint density at radius 1 is 0.970 bits per heavy atom. The monoisotopic (exact) mass is 471 g/mol. The summed E-state index contributed by atoms with van der Waals surface area (Å²) >= 11 is 7.63. The molecular weight excluding hydrogens is 454 g/mol. The SMILES string of the molecule is O=C(c1ccc(-c2ccccc2)s1)N1CCN2C(=O)c3ccncc3C12c1ccc(Cl)cc1. The highest BCUT2D eigenvalue weighted by molar-refractivity contribution is 7.17. The number of rotatable bonds is 3. The van der Waals surface area contributed by atoms with E-state index >= 15 is 0 Å². The highest BCUT2D eigenvalue weighted by Crippen LogP contribution is 2.50. The van der Waals surface area contributed by atoms with Gasteiger partial charge in [-0.2, -0.15) is 0 Å². The molecule has 0 N–H and O–H groups in total. The van der Waals surface area contributed by atoms with Gasteiger partial charge in [0.05, 0.1) is 10.4 Å². The number of thiophene rings is 1. The summed E-state index contributed by atoms with van der Waals surface area (Å²) in [6, 6.07) is 23.0. The van der Waals surface area contributed by atoms with Gasteiger partial charge in [-0.05, 0) is 35.9 Å². The molecule has 1 saturated heterocycles. The van der Waals surface area contributed by atoms with Gasteiger partial charge in [0.2, 0.25) is 0 Å². The van der Waals surface area contributed by atoms with E-state index in [2.05, 4.69) is 4.98 Å². The number of hydrogen-bond acceptors (Lipinski definition) is 4. The molecule has 2 amide bonds. The Bertz CT molecular complexity index is 1390. The molecule has 162 valence electrons. The Hall–Kier alpha value is -3.48. The van der Waals surface area contributed by atoms with Crippen LogP contribution in [-0.4, -0.2) is 39.7 Å².